The van der Waals surface area contributed by atoms with E-state index in [4.69, 9.17) is 5.73 Å². The summed E-state index contributed by atoms with van der Waals surface area (Å²) in [5.74, 6) is -0.225. The second-order valence-corrected chi connectivity index (χ2v) is 5.27. The second-order valence-electron chi connectivity index (χ2n) is 5.27. The zero-order valence-electron chi connectivity index (χ0n) is 11.9. The Kier molecular flexibility index (Phi) is 3.72. The molecule has 0 aliphatic rings. The lowest BCUT2D eigenvalue weighted by atomic mass is 9.90. The normalized spacial score (nSPS) is 12.5. The van der Waals surface area contributed by atoms with Gasteiger partial charge in [-0.25, -0.2) is 4.39 Å². The van der Waals surface area contributed by atoms with Crippen molar-refractivity contribution in [3.8, 4) is 11.1 Å². The van der Waals surface area contributed by atoms with Crippen molar-refractivity contribution in [2.24, 2.45) is 5.73 Å². The van der Waals surface area contributed by atoms with Crippen molar-refractivity contribution in [2.75, 3.05) is 0 Å². The lowest BCUT2D eigenvalue weighted by Gasteiger charge is -2.16. The van der Waals surface area contributed by atoms with Gasteiger partial charge >= 0.3 is 0 Å². The minimum absolute atomic E-state index is 0.114. The van der Waals surface area contributed by atoms with Crippen LogP contribution >= 0.6 is 0 Å². The van der Waals surface area contributed by atoms with E-state index in [1.165, 1.54) is 17.2 Å². The van der Waals surface area contributed by atoms with Crippen LogP contribution in [0.5, 0.6) is 0 Å². The SMILES string of the molecule is Cc1cc(C)c(-c2cc(F)ccc2C(C)N)cc1C. The van der Waals surface area contributed by atoms with E-state index in [9.17, 15) is 4.39 Å². The molecule has 0 heterocycles. The molecule has 2 aromatic rings. The highest BCUT2D eigenvalue weighted by atomic mass is 19.1. The minimum Gasteiger partial charge on any atom is -0.324 e. The molecule has 0 saturated carbocycles. The van der Waals surface area contributed by atoms with Crippen LogP contribution in [-0.4, -0.2) is 0 Å². The zero-order chi connectivity index (χ0) is 14.2. The van der Waals surface area contributed by atoms with Gasteiger partial charge in [0, 0.05) is 6.04 Å². The smallest absolute Gasteiger partial charge is 0.123 e. The molecule has 2 rings (SSSR count). The van der Waals surface area contributed by atoms with Crippen LogP contribution in [0.25, 0.3) is 11.1 Å². The zero-order valence-corrected chi connectivity index (χ0v) is 11.9. The van der Waals surface area contributed by atoms with Gasteiger partial charge in [-0.3, -0.25) is 0 Å². The Hall–Kier alpha value is -1.67. The molecule has 0 amide bonds. The Balaban J connectivity index is 2.71. The van der Waals surface area contributed by atoms with Crippen LogP contribution in [0, 0.1) is 26.6 Å². The molecule has 100 valence electrons. The molecule has 1 nitrogen and oxygen atoms in total. The number of hydrogen-bond donors (Lipinski definition) is 1. The molecule has 1 atom stereocenters. The maximum atomic E-state index is 13.6. The molecule has 0 aliphatic heterocycles. The Morgan fingerprint density at radius 3 is 2.16 bits per heavy atom. The van der Waals surface area contributed by atoms with Gasteiger partial charge in [-0.05, 0) is 73.2 Å². The molecule has 0 spiro atoms. The van der Waals surface area contributed by atoms with Gasteiger partial charge in [0.15, 0.2) is 0 Å². The molecule has 1 unspecified atom stereocenters. The third-order valence-corrected chi connectivity index (χ3v) is 3.64. The van der Waals surface area contributed by atoms with Gasteiger partial charge in [0.25, 0.3) is 0 Å². The topological polar surface area (TPSA) is 26.0 Å². The van der Waals surface area contributed by atoms with E-state index < -0.39 is 0 Å². The molecule has 0 saturated heterocycles. The summed E-state index contributed by atoms with van der Waals surface area (Å²) in [6.45, 7) is 8.14. The molecule has 2 aromatic carbocycles. The highest BCUT2D eigenvalue weighted by molar-refractivity contribution is 5.72. The van der Waals surface area contributed by atoms with E-state index in [0.717, 1.165) is 22.3 Å². The van der Waals surface area contributed by atoms with Crippen molar-refractivity contribution in [3.63, 3.8) is 0 Å². The predicted octanol–water partition coefficient (Wildman–Crippen LogP) is 4.44. The van der Waals surface area contributed by atoms with E-state index in [0.29, 0.717) is 0 Å². The average Bonchev–Trinajstić information content (AvgIpc) is 2.33. The maximum absolute atomic E-state index is 13.6. The van der Waals surface area contributed by atoms with Crippen molar-refractivity contribution in [3.05, 3.63) is 58.4 Å². The summed E-state index contributed by atoms with van der Waals surface area (Å²) < 4.78 is 13.6. The Bertz CT molecular complexity index is 615. The van der Waals surface area contributed by atoms with Gasteiger partial charge in [-0.1, -0.05) is 18.2 Å². The first-order chi connectivity index (χ1) is 8.90. The fourth-order valence-electron chi connectivity index (χ4n) is 2.41. The van der Waals surface area contributed by atoms with Gasteiger partial charge in [0.1, 0.15) is 5.82 Å². The lowest BCUT2D eigenvalue weighted by molar-refractivity contribution is 0.626. The van der Waals surface area contributed by atoms with E-state index in [-0.39, 0.29) is 11.9 Å². The largest absolute Gasteiger partial charge is 0.324 e. The standard InChI is InChI=1S/C17H20FN/c1-10-7-12(3)16(8-11(10)2)17-9-14(18)5-6-15(17)13(4)19/h5-9,13H,19H2,1-4H3. The van der Waals surface area contributed by atoms with Crippen LogP contribution in [0.1, 0.15) is 35.2 Å². The van der Waals surface area contributed by atoms with Crippen LogP contribution in [0.4, 0.5) is 4.39 Å². The van der Waals surface area contributed by atoms with Crippen molar-refractivity contribution in [1.29, 1.82) is 0 Å². The summed E-state index contributed by atoms with van der Waals surface area (Å²) in [5, 5.41) is 0. The van der Waals surface area contributed by atoms with Gasteiger partial charge < -0.3 is 5.73 Å². The highest BCUT2D eigenvalue weighted by Crippen LogP contribution is 2.32. The van der Waals surface area contributed by atoms with Crippen LogP contribution in [0.15, 0.2) is 30.3 Å². The van der Waals surface area contributed by atoms with Crippen molar-refractivity contribution in [2.45, 2.75) is 33.7 Å². The Morgan fingerprint density at radius 1 is 0.895 bits per heavy atom. The van der Waals surface area contributed by atoms with E-state index in [2.05, 4.69) is 32.9 Å². The number of hydrogen-bond acceptors (Lipinski definition) is 1. The Morgan fingerprint density at radius 2 is 1.53 bits per heavy atom. The summed E-state index contributed by atoms with van der Waals surface area (Å²) in [5.41, 5.74) is 12.5. The monoisotopic (exact) mass is 257 g/mol. The second kappa shape index (κ2) is 5.14. The first-order valence-electron chi connectivity index (χ1n) is 6.53. The summed E-state index contributed by atoms with van der Waals surface area (Å²) >= 11 is 0. The molecule has 0 fully saturated rings. The van der Waals surface area contributed by atoms with E-state index in [1.807, 2.05) is 6.92 Å². The molecule has 19 heavy (non-hydrogen) atoms. The lowest BCUT2D eigenvalue weighted by Crippen LogP contribution is -2.07. The fraction of sp³-hybridized carbons (Fsp3) is 0.294. The van der Waals surface area contributed by atoms with Gasteiger partial charge in [0.05, 0.1) is 0 Å². The molecule has 2 N–H and O–H groups in total. The average molecular weight is 257 g/mol. The van der Waals surface area contributed by atoms with Crippen LogP contribution < -0.4 is 5.73 Å². The van der Waals surface area contributed by atoms with Crippen LogP contribution in [0.2, 0.25) is 0 Å². The number of benzene rings is 2. The first kappa shape index (κ1) is 13.8. The Labute approximate surface area is 114 Å². The quantitative estimate of drug-likeness (QED) is 0.845. The van der Waals surface area contributed by atoms with E-state index >= 15 is 0 Å². The fourth-order valence-corrected chi connectivity index (χ4v) is 2.41. The van der Waals surface area contributed by atoms with Gasteiger partial charge in [-0.2, -0.15) is 0 Å². The van der Waals surface area contributed by atoms with Crippen molar-refractivity contribution < 1.29 is 4.39 Å². The van der Waals surface area contributed by atoms with Crippen molar-refractivity contribution in [1.82, 2.24) is 0 Å². The molecule has 0 radical (unpaired) electrons. The molecule has 0 aromatic heterocycles. The summed E-state index contributed by atoms with van der Waals surface area (Å²) in [4.78, 5) is 0. The van der Waals surface area contributed by atoms with Crippen LogP contribution in [-0.2, 0) is 0 Å². The predicted molar refractivity (Wildman–Crippen MR) is 78.6 cm³/mol. The van der Waals surface area contributed by atoms with Crippen molar-refractivity contribution >= 4 is 0 Å². The number of aryl methyl sites for hydroxylation is 3. The number of rotatable bonds is 2. The number of nitrogens with two attached hydrogens (primary N) is 1. The molecule has 0 aliphatic carbocycles. The van der Waals surface area contributed by atoms with E-state index in [1.54, 1.807) is 12.1 Å². The summed E-state index contributed by atoms with van der Waals surface area (Å²) in [6, 6.07) is 8.97. The van der Waals surface area contributed by atoms with Gasteiger partial charge in [0.2, 0.25) is 0 Å². The third-order valence-electron chi connectivity index (χ3n) is 3.64. The molecular formula is C17H20FN. The number of halogens is 1. The maximum Gasteiger partial charge on any atom is 0.123 e. The first-order valence-corrected chi connectivity index (χ1v) is 6.53. The minimum atomic E-state index is -0.225. The molecular weight excluding hydrogens is 237 g/mol. The highest BCUT2D eigenvalue weighted by Gasteiger charge is 2.13. The molecule has 0 bridgehead atoms. The summed E-state index contributed by atoms with van der Waals surface area (Å²) in [7, 11) is 0. The van der Waals surface area contributed by atoms with Gasteiger partial charge in [-0.15, -0.1) is 0 Å². The summed E-state index contributed by atoms with van der Waals surface area (Å²) in [6.07, 6.45) is 0. The molecule has 2 heteroatoms. The third kappa shape index (κ3) is 2.69. The van der Waals surface area contributed by atoms with Crippen LogP contribution in [0.3, 0.4) is 0 Å².